The van der Waals surface area contributed by atoms with Crippen molar-refractivity contribution in [2.45, 2.75) is 19.8 Å². The Morgan fingerprint density at radius 3 is 2.67 bits per heavy atom. The molecule has 1 rings (SSSR count). The van der Waals surface area contributed by atoms with E-state index >= 15 is 0 Å². The lowest BCUT2D eigenvalue weighted by Crippen LogP contribution is -2.08. The highest BCUT2D eigenvalue weighted by Gasteiger charge is 2.04. The fraction of sp³-hybridized carbons (Fsp3) is 0.400. The molecule has 0 saturated carbocycles. The van der Waals surface area contributed by atoms with E-state index in [9.17, 15) is 0 Å². The molecular formula is C10H14ClN. The summed E-state index contributed by atoms with van der Waals surface area (Å²) in [5.41, 5.74) is 7.88. The Labute approximate surface area is 78.5 Å². The van der Waals surface area contributed by atoms with E-state index in [0.29, 0.717) is 12.5 Å². The highest BCUT2D eigenvalue weighted by Crippen LogP contribution is 2.21. The molecule has 12 heavy (non-hydrogen) atoms. The molecule has 1 atom stereocenters. The van der Waals surface area contributed by atoms with Gasteiger partial charge in [0.05, 0.1) is 0 Å². The van der Waals surface area contributed by atoms with Crippen molar-refractivity contribution < 1.29 is 0 Å². The van der Waals surface area contributed by atoms with Gasteiger partial charge >= 0.3 is 0 Å². The third kappa shape index (κ3) is 1.99. The molecular weight excluding hydrogens is 170 g/mol. The predicted octanol–water partition coefficient (Wildman–Crippen LogP) is 2.71. The van der Waals surface area contributed by atoms with Crippen LogP contribution in [0.3, 0.4) is 0 Å². The number of hydrogen-bond donors (Lipinski definition) is 1. The maximum Gasteiger partial charge on any atom is 0.0438 e. The van der Waals surface area contributed by atoms with Crippen molar-refractivity contribution in [2.24, 2.45) is 5.73 Å². The molecule has 0 radical (unpaired) electrons. The Balaban J connectivity index is 2.96. The zero-order valence-corrected chi connectivity index (χ0v) is 8.23. The Bertz CT molecular complexity index is 271. The van der Waals surface area contributed by atoms with Crippen LogP contribution < -0.4 is 5.73 Å². The van der Waals surface area contributed by atoms with Gasteiger partial charge in [-0.2, -0.15) is 0 Å². The lowest BCUT2D eigenvalue weighted by Gasteiger charge is -2.09. The number of benzene rings is 1. The predicted molar refractivity (Wildman–Crippen MR) is 53.7 cm³/mol. The summed E-state index contributed by atoms with van der Waals surface area (Å²) in [4.78, 5) is 0. The first kappa shape index (κ1) is 9.56. The average molecular weight is 184 g/mol. The molecule has 0 spiro atoms. The average Bonchev–Trinajstić information content (AvgIpc) is 2.08. The number of nitrogens with two attached hydrogens (primary N) is 1. The van der Waals surface area contributed by atoms with E-state index in [2.05, 4.69) is 13.0 Å². The normalized spacial score (nSPS) is 13.0. The summed E-state index contributed by atoms with van der Waals surface area (Å²) in [6.45, 7) is 4.76. The minimum Gasteiger partial charge on any atom is -0.330 e. The van der Waals surface area contributed by atoms with Gasteiger partial charge in [-0.05, 0) is 36.6 Å². The molecule has 0 aliphatic rings. The lowest BCUT2D eigenvalue weighted by atomic mass is 10.0. The number of aryl methyl sites for hydroxylation is 1. The fourth-order valence-electron chi connectivity index (χ4n) is 1.05. The summed E-state index contributed by atoms with van der Waals surface area (Å²) in [7, 11) is 0. The molecule has 0 aliphatic heterocycles. The van der Waals surface area contributed by atoms with Gasteiger partial charge in [-0.15, -0.1) is 0 Å². The van der Waals surface area contributed by atoms with E-state index in [1.54, 1.807) is 0 Å². The molecule has 0 aromatic heterocycles. The van der Waals surface area contributed by atoms with Gasteiger partial charge in [0.15, 0.2) is 0 Å². The summed E-state index contributed by atoms with van der Waals surface area (Å²) in [6.07, 6.45) is 0. The van der Waals surface area contributed by atoms with E-state index in [4.69, 9.17) is 17.3 Å². The van der Waals surface area contributed by atoms with Crippen LogP contribution in [0.1, 0.15) is 24.0 Å². The third-order valence-corrected chi connectivity index (χ3v) is 2.53. The summed E-state index contributed by atoms with van der Waals surface area (Å²) >= 11 is 5.97. The molecule has 0 fully saturated rings. The maximum absolute atomic E-state index is 5.97. The molecule has 66 valence electrons. The molecule has 1 aromatic rings. The quantitative estimate of drug-likeness (QED) is 0.750. The van der Waals surface area contributed by atoms with Gasteiger partial charge in [0.25, 0.3) is 0 Å². The molecule has 2 heteroatoms. The number of hydrogen-bond acceptors (Lipinski definition) is 1. The van der Waals surface area contributed by atoms with Crippen LogP contribution in [0.4, 0.5) is 0 Å². The van der Waals surface area contributed by atoms with Gasteiger partial charge in [0.1, 0.15) is 0 Å². The van der Waals surface area contributed by atoms with Gasteiger partial charge in [0.2, 0.25) is 0 Å². The molecule has 2 N–H and O–H groups in total. The van der Waals surface area contributed by atoms with Crippen molar-refractivity contribution in [2.75, 3.05) is 6.54 Å². The number of halogens is 1. The number of rotatable bonds is 2. The van der Waals surface area contributed by atoms with Crippen molar-refractivity contribution in [3.63, 3.8) is 0 Å². The molecule has 0 bridgehead atoms. The van der Waals surface area contributed by atoms with Crippen molar-refractivity contribution in [1.29, 1.82) is 0 Å². The second kappa shape index (κ2) is 3.92. The van der Waals surface area contributed by atoms with Crippen LogP contribution in [0.5, 0.6) is 0 Å². The van der Waals surface area contributed by atoms with Crippen molar-refractivity contribution >= 4 is 11.6 Å². The molecule has 0 aliphatic carbocycles. The van der Waals surface area contributed by atoms with Gasteiger partial charge in [-0.1, -0.05) is 30.7 Å². The van der Waals surface area contributed by atoms with Gasteiger partial charge in [-0.25, -0.2) is 0 Å². The standard InChI is InChI=1S/C10H14ClN/c1-7-3-4-9(5-10(7)11)8(2)6-12/h3-5,8H,6,12H2,1-2H3. The van der Waals surface area contributed by atoms with Crippen LogP contribution in [0.25, 0.3) is 0 Å². The lowest BCUT2D eigenvalue weighted by molar-refractivity contribution is 0.774. The zero-order chi connectivity index (χ0) is 9.14. The first-order valence-electron chi connectivity index (χ1n) is 4.11. The van der Waals surface area contributed by atoms with E-state index in [-0.39, 0.29) is 0 Å². The molecule has 1 nitrogen and oxygen atoms in total. The Kier molecular flexibility index (Phi) is 3.12. The van der Waals surface area contributed by atoms with Crippen LogP contribution >= 0.6 is 11.6 Å². The summed E-state index contributed by atoms with van der Waals surface area (Å²) in [5.74, 6) is 0.392. The van der Waals surface area contributed by atoms with Gasteiger partial charge < -0.3 is 5.73 Å². The fourth-order valence-corrected chi connectivity index (χ4v) is 1.24. The Morgan fingerprint density at radius 1 is 1.50 bits per heavy atom. The van der Waals surface area contributed by atoms with E-state index in [0.717, 1.165) is 10.6 Å². The second-order valence-corrected chi connectivity index (χ2v) is 3.55. The minimum atomic E-state index is 0.392. The Hall–Kier alpha value is -0.530. The van der Waals surface area contributed by atoms with Crippen molar-refractivity contribution in [3.8, 4) is 0 Å². The minimum absolute atomic E-state index is 0.392. The highest BCUT2D eigenvalue weighted by molar-refractivity contribution is 6.31. The van der Waals surface area contributed by atoms with Crippen LogP contribution in [-0.4, -0.2) is 6.54 Å². The van der Waals surface area contributed by atoms with Crippen LogP contribution in [0.2, 0.25) is 5.02 Å². The molecule has 0 saturated heterocycles. The van der Waals surface area contributed by atoms with E-state index in [1.807, 2.05) is 19.1 Å². The monoisotopic (exact) mass is 183 g/mol. The largest absolute Gasteiger partial charge is 0.330 e. The topological polar surface area (TPSA) is 26.0 Å². The van der Waals surface area contributed by atoms with Crippen molar-refractivity contribution in [1.82, 2.24) is 0 Å². The first-order chi connectivity index (χ1) is 5.65. The second-order valence-electron chi connectivity index (χ2n) is 3.15. The molecule has 0 amide bonds. The Morgan fingerprint density at radius 2 is 2.17 bits per heavy atom. The molecule has 1 unspecified atom stereocenters. The summed E-state index contributed by atoms with van der Waals surface area (Å²) < 4.78 is 0. The summed E-state index contributed by atoms with van der Waals surface area (Å²) in [6, 6.07) is 6.11. The SMILES string of the molecule is Cc1ccc(C(C)CN)cc1Cl. The van der Waals surface area contributed by atoms with Gasteiger partial charge in [-0.3, -0.25) is 0 Å². The van der Waals surface area contributed by atoms with Gasteiger partial charge in [0, 0.05) is 5.02 Å². The third-order valence-electron chi connectivity index (χ3n) is 2.12. The molecule has 0 heterocycles. The van der Waals surface area contributed by atoms with Crippen LogP contribution in [0.15, 0.2) is 18.2 Å². The smallest absolute Gasteiger partial charge is 0.0438 e. The van der Waals surface area contributed by atoms with Crippen LogP contribution in [0, 0.1) is 6.92 Å². The maximum atomic E-state index is 5.97. The highest BCUT2D eigenvalue weighted by atomic mass is 35.5. The van der Waals surface area contributed by atoms with Crippen LogP contribution in [-0.2, 0) is 0 Å². The summed E-state index contributed by atoms with van der Waals surface area (Å²) in [5, 5.41) is 0.827. The molecule has 1 aromatic carbocycles. The zero-order valence-electron chi connectivity index (χ0n) is 7.47. The van der Waals surface area contributed by atoms with E-state index in [1.165, 1.54) is 5.56 Å². The first-order valence-corrected chi connectivity index (χ1v) is 4.49. The van der Waals surface area contributed by atoms with Crippen molar-refractivity contribution in [3.05, 3.63) is 34.3 Å². The van der Waals surface area contributed by atoms with E-state index < -0.39 is 0 Å².